The maximum absolute atomic E-state index is 12.8. The minimum atomic E-state index is -0.543. The predicted octanol–water partition coefficient (Wildman–Crippen LogP) is 3.41. The number of aryl methyl sites for hydroxylation is 1. The van der Waals surface area contributed by atoms with Gasteiger partial charge in [-0.25, -0.2) is 14.6 Å². The highest BCUT2D eigenvalue weighted by atomic mass is 16.6. The van der Waals surface area contributed by atoms with Crippen LogP contribution in [0.25, 0.3) is 0 Å². The van der Waals surface area contributed by atoms with Gasteiger partial charge >= 0.3 is 12.1 Å². The molecule has 184 valence electrons. The topological polar surface area (TPSA) is 126 Å². The number of aromatic nitrogens is 4. The highest BCUT2D eigenvalue weighted by molar-refractivity contribution is 5.88. The zero-order valence-electron chi connectivity index (χ0n) is 20.6. The lowest BCUT2D eigenvalue weighted by Crippen LogP contribution is -2.53. The Morgan fingerprint density at radius 1 is 1.15 bits per heavy atom. The third kappa shape index (κ3) is 5.07. The van der Waals surface area contributed by atoms with E-state index < -0.39 is 11.6 Å². The van der Waals surface area contributed by atoms with E-state index in [-0.39, 0.29) is 29.9 Å². The minimum absolute atomic E-state index is 0.106. The van der Waals surface area contributed by atoms with Gasteiger partial charge in [-0.05, 0) is 53.4 Å². The molecule has 11 nitrogen and oxygen atoms in total. The van der Waals surface area contributed by atoms with Gasteiger partial charge in [-0.2, -0.15) is 10.1 Å². The van der Waals surface area contributed by atoms with Gasteiger partial charge in [-0.3, -0.25) is 5.10 Å². The summed E-state index contributed by atoms with van der Waals surface area (Å²) < 4.78 is 10.5. The number of nitrogens with one attached hydrogen (secondary N) is 2. The van der Waals surface area contributed by atoms with Crippen LogP contribution in [0.5, 0.6) is 0 Å². The van der Waals surface area contributed by atoms with Gasteiger partial charge in [0.1, 0.15) is 11.4 Å². The lowest BCUT2D eigenvalue weighted by Gasteiger charge is -2.42. The third-order valence-electron chi connectivity index (χ3n) is 6.25. The Labute approximate surface area is 199 Å². The molecule has 0 aliphatic carbocycles. The molecule has 3 atom stereocenters. The van der Waals surface area contributed by atoms with Crippen molar-refractivity contribution in [2.45, 2.75) is 77.1 Å². The second-order valence-corrected chi connectivity index (χ2v) is 10.00. The van der Waals surface area contributed by atoms with Crippen molar-refractivity contribution in [1.82, 2.24) is 25.1 Å². The molecule has 2 aliphatic rings. The molecule has 1 amide bonds. The van der Waals surface area contributed by atoms with E-state index in [0.29, 0.717) is 17.6 Å². The molecule has 2 aromatic heterocycles. The van der Waals surface area contributed by atoms with Crippen LogP contribution in [-0.4, -0.2) is 75.0 Å². The van der Waals surface area contributed by atoms with Crippen molar-refractivity contribution in [2.75, 3.05) is 24.4 Å². The van der Waals surface area contributed by atoms with E-state index in [1.165, 1.54) is 7.11 Å². The normalized spacial score (nSPS) is 21.8. The Morgan fingerprint density at radius 2 is 1.82 bits per heavy atom. The van der Waals surface area contributed by atoms with Gasteiger partial charge in [-0.15, -0.1) is 0 Å². The molecular weight excluding hydrogens is 438 g/mol. The van der Waals surface area contributed by atoms with Gasteiger partial charge in [0, 0.05) is 43.0 Å². The first-order valence-corrected chi connectivity index (χ1v) is 11.5. The lowest BCUT2D eigenvalue weighted by molar-refractivity contribution is 0.00592. The molecule has 2 bridgehead atoms. The zero-order chi connectivity index (χ0) is 24.6. The highest BCUT2D eigenvalue weighted by Gasteiger charge is 2.46. The number of rotatable bonds is 5. The summed E-state index contributed by atoms with van der Waals surface area (Å²) >= 11 is 0. The monoisotopic (exact) mass is 471 g/mol. The van der Waals surface area contributed by atoms with Crippen LogP contribution >= 0.6 is 0 Å². The van der Waals surface area contributed by atoms with Crippen LogP contribution < -0.4 is 10.2 Å². The summed E-state index contributed by atoms with van der Waals surface area (Å²) in [6.45, 7) is 7.55. The summed E-state index contributed by atoms with van der Waals surface area (Å²) in [4.78, 5) is 38.1. The molecule has 2 fully saturated rings. The van der Waals surface area contributed by atoms with Crippen LogP contribution in [0.15, 0.2) is 12.1 Å². The third-order valence-corrected chi connectivity index (χ3v) is 6.25. The first kappa shape index (κ1) is 23.8. The number of aromatic amines is 1. The standard InChI is InChI=1S/C23H33N7O4/c1-13-9-19(28-27-13)25-18-12-17(20(31)33-6)24-21(26-18)29(5)16-10-14-7-8-15(11-16)30(14)22(32)34-23(2,3)4/h9,12,14-16H,7-8,10-11H2,1-6H3,(H2,24,25,26,27,28)/t14-,15+,16?. The highest BCUT2D eigenvalue weighted by Crippen LogP contribution is 2.39. The van der Waals surface area contributed by atoms with E-state index in [0.717, 1.165) is 31.4 Å². The van der Waals surface area contributed by atoms with Gasteiger partial charge in [-0.1, -0.05) is 0 Å². The minimum Gasteiger partial charge on any atom is -0.464 e. The van der Waals surface area contributed by atoms with Crippen LogP contribution in [0.3, 0.4) is 0 Å². The molecule has 0 saturated carbocycles. The van der Waals surface area contributed by atoms with Gasteiger partial charge in [0.25, 0.3) is 0 Å². The fourth-order valence-corrected chi connectivity index (χ4v) is 4.72. The molecule has 2 aromatic rings. The number of hydrogen-bond acceptors (Lipinski definition) is 9. The predicted molar refractivity (Wildman–Crippen MR) is 126 cm³/mol. The molecule has 4 rings (SSSR count). The van der Waals surface area contributed by atoms with Crippen LogP contribution in [0.2, 0.25) is 0 Å². The number of methoxy groups -OCH3 is 1. The summed E-state index contributed by atoms with van der Waals surface area (Å²) in [5, 5.41) is 10.2. The summed E-state index contributed by atoms with van der Waals surface area (Å²) in [6, 6.07) is 3.71. The summed E-state index contributed by atoms with van der Waals surface area (Å²) in [6.07, 6.45) is 3.20. The first-order chi connectivity index (χ1) is 16.0. The number of fused-ring (bicyclic) bond motifs is 2. The van der Waals surface area contributed by atoms with Gasteiger partial charge in [0.15, 0.2) is 11.5 Å². The van der Waals surface area contributed by atoms with Crippen LogP contribution in [0.1, 0.15) is 62.6 Å². The van der Waals surface area contributed by atoms with Crippen molar-refractivity contribution in [3.63, 3.8) is 0 Å². The number of amides is 1. The van der Waals surface area contributed by atoms with Crippen molar-refractivity contribution >= 4 is 29.6 Å². The molecule has 2 N–H and O–H groups in total. The van der Waals surface area contributed by atoms with E-state index in [9.17, 15) is 9.59 Å². The Hall–Kier alpha value is -3.37. The maximum atomic E-state index is 12.8. The smallest absolute Gasteiger partial charge is 0.410 e. The lowest BCUT2D eigenvalue weighted by atomic mass is 9.97. The largest absolute Gasteiger partial charge is 0.464 e. The summed E-state index contributed by atoms with van der Waals surface area (Å²) in [5.41, 5.74) is 0.528. The van der Waals surface area contributed by atoms with Crippen molar-refractivity contribution in [3.05, 3.63) is 23.5 Å². The number of carbonyl (C=O) groups is 2. The van der Waals surface area contributed by atoms with Crippen molar-refractivity contribution in [2.24, 2.45) is 0 Å². The maximum Gasteiger partial charge on any atom is 0.410 e. The average molecular weight is 472 g/mol. The van der Waals surface area contributed by atoms with Crippen LogP contribution in [-0.2, 0) is 9.47 Å². The second-order valence-electron chi connectivity index (χ2n) is 10.00. The van der Waals surface area contributed by atoms with Gasteiger partial charge < -0.3 is 24.6 Å². The van der Waals surface area contributed by atoms with E-state index in [2.05, 4.69) is 25.5 Å². The molecular formula is C23H33N7O4. The number of carbonyl (C=O) groups excluding carboxylic acids is 2. The van der Waals surface area contributed by atoms with Crippen molar-refractivity contribution in [3.8, 4) is 0 Å². The Balaban J connectivity index is 1.54. The van der Waals surface area contributed by atoms with Crippen molar-refractivity contribution in [1.29, 1.82) is 0 Å². The number of nitrogens with zero attached hydrogens (tertiary/aromatic N) is 5. The van der Waals surface area contributed by atoms with E-state index in [1.807, 2.05) is 50.6 Å². The Bertz CT molecular complexity index is 1050. The number of esters is 1. The molecule has 2 aliphatic heterocycles. The second kappa shape index (κ2) is 9.11. The Morgan fingerprint density at radius 3 is 2.38 bits per heavy atom. The number of hydrogen-bond donors (Lipinski definition) is 2. The van der Waals surface area contributed by atoms with Crippen LogP contribution in [0.4, 0.5) is 22.4 Å². The molecule has 1 unspecified atom stereocenters. The molecule has 2 saturated heterocycles. The summed E-state index contributed by atoms with van der Waals surface area (Å²) in [5.74, 6) is 0.896. The molecule has 4 heterocycles. The number of anilines is 3. The SMILES string of the molecule is COC(=O)c1cc(Nc2cc(C)[nH]n2)nc(N(C)C2C[C@H]3CC[C@@H](C2)N3C(=O)OC(C)(C)C)n1. The molecule has 0 aromatic carbocycles. The Kier molecular flexibility index (Phi) is 6.37. The number of ether oxygens (including phenoxy) is 2. The zero-order valence-corrected chi connectivity index (χ0v) is 20.6. The fraction of sp³-hybridized carbons (Fsp3) is 0.609. The van der Waals surface area contributed by atoms with E-state index in [1.54, 1.807) is 6.07 Å². The van der Waals surface area contributed by atoms with Gasteiger partial charge in [0.05, 0.1) is 7.11 Å². The van der Waals surface area contributed by atoms with E-state index in [4.69, 9.17) is 9.47 Å². The quantitative estimate of drug-likeness (QED) is 0.631. The molecule has 11 heteroatoms. The van der Waals surface area contributed by atoms with Crippen molar-refractivity contribution < 1.29 is 19.1 Å². The molecule has 0 spiro atoms. The number of H-pyrrole nitrogens is 1. The first-order valence-electron chi connectivity index (χ1n) is 11.5. The molecule has 0 radical (unpaired) electrons. The van der Waals surface area contributed by atoms with Gasteiger partial charge in [0.2, 0.25) is 5.95 Å². The van der Waals surface area contributed by atoms with Crippen LogP contribution in [0, 0.1) is 6.92 Å². The number of piperidine rings is 1. The fourth-order valence-electron chi connectivity index (χ4n) is 4.72. The summed E-state index contributed by atoms with van der Waals surface area (Å²) in [7, 11) is 3.24. The van der Waals surface area contributed by atoms with E-state index >= 15 is 0 Å². The average Bonchev–Trinajstić information content (AvgIpc) is 3.30. The molecule has 34 heavy (non-hydrogen) atoms.